The van der Waals surface area contributed by atoms with Crippen molar-refractivity contribution in [3.8, 4) is 17.2 Å². The summed E-state index contributed by atoms with van der Waals surface area (Å²) in [6.45, 7) is 0. The van der Waals surface area contributed by atoms with Crippen molar-refractivity contribution < 1.29 is 28.9 Å². The van der Waals surface area contributed by atoms with Gasteiger partial charge in [-0.15, -0.1) is 0 Å². The van der Waals surface area contributed by atoms with E-state index in [-0.39, 0.29) is 28.6 Å². The Balaban J connectivity index is 1.96. The van der Waals surface area contributed by atoms with Crippen LogP contribution in [0.1, 0.15) is 41.2 Å². The molecule has 0 radical (unpaired) electrons. The number of aromatic hydroxyl groups is 1. The number of fused-ring (bicyclic) bond motifs is 1. The van der Waals surface area contributed by atoms with Gasteiger partial charge in [-0.1, -0.05) is 0 Å². The molecule has 4 rings (SSSR count). The van der Waals surface area contributed by atoms with Gasteiger partial charge in [-0.3, -0.25) is 4.79 Å². The number of methoxy groups -OCH3 is 3. The largest absolute Gasteiger partial charge is 0.502 e. The molecular weight excluding hydrogens is 378 g/mol. The second-order valence-corrected chi connectivity index (χ2v) is 6.81. The Bertz CT molecular complexity index is 1010. The molecule has 0 fully saturated rings. The number of ketones is 1. The lowest BCUT2D eigenvalue weighted by Crippen LogP contribution is -2.32. The van der Waals surface area contributed by atoms with E-state index in [9.17, 15) is 14.7 Å². The summed E-state index contributed by atoms with van der Waals surface area (Å²) in [6, 6.07) is 2.68. The Morgan fingerprint density at radius 1 is 1.21 bits per heavy atom. The first-order valence-corrected chi connectivity index (χ1v) is 9.14. The average Bonchev–Trinajstić information content (AvgIpc) is 3.15. The van der Waals surface area contributed by atoms with Crippen molar-refractivity contribution in [1.29, 1.82) is 0 Å². The van der Waals surface area contributed by atoms with Crippen molar-refractivity contribution in [3.05, 3.63) is 40.7 Å². The first-order chi connectivity index (χ1) is 14.0. The third kappa shape index (κ3) is 2.89. The van der Waals surface area contributed by atoms with Crippen molar-refractivity contribution >= 4 is 17.6 Å². The Hall–Kier alpha value is -3.49. The summed E-state index contributed by atoms with van der Waals surface area (Å²) in [5.74, 6) is 0.240. The van der Waals surface area contributed by atoms with Gasteiger partial charge in [0.25, 0.3) is 0 Å². The summed E-state index contributed by atoms with van der Waals surface area (Å²) < 4.78 is 17.0. The fraction of sp³-hybridized carbons (Fsp3) is 0.350. The Morgan fingerprint density at radius 2 is 1.90 bits per heavy atom. The van der Waals surface area contributed by atoms with E-state index < -0.39 is 12.0 Å². The summed E-state index contributed by atoms with van der Waals surface area (Å²) in [4.78, 5) is 25.0. The van der Waals surface area contributed by atoms with Gasteiger partial charge >= 0.3 is 5.97 Å². The SMILES string of the molecule is COC(=O)c1cnn2c1NC1=C(C(=O)CCC1)C2c1cc(OC)c(O)c(OC)c1. The number of nitrogens with one attached hydrogen (secondary N) is 1. The summed E-state index contributed by atoms with van der Waals surface area (Å²) in [7, 11) is 4.18. The molecule has 2 N–H and O–H groups in total. The lowest BCUT2D eigenvalue weighted by Gasteiger charge is -2.33. The predicted molar refractivity (Wildman–Crippen MR) is 102 cm³/mol. The van der Waals surface area contributed by atoms with Crippen LogP contribution >= 0.6 is 0 Å². The van der Waals surface area contributed by atoms with Gasteiger partial charge in [0.2, 0.25) is 5.75 Å². The van der Waals surface area contributed by atoms with E-state index in [0.717, 1.165) is 12.1 Å². The molecule has 0 bridgehead atoms. The Kier molecular flexibility index (Phi) is 4.65. The van der Waals surface area contributed by atoms with Gasteiger partial charge in [-0.05, 0) is 30.5 Å². The molecule has 1 unspecified atom stereocenters. The highest BCUT2D eigenvalue weighted by atomic mass is 16.5. The van der Waals surface area contributed by atoms with Crippen LogP contribution in [0.4, 0.5) is 5.82 Å². The molecule has 0 saturated carbocycles. The fourth-order valence-corrected chi connectivity index (χ4v) is 3.90. The highest BCUT2D eigenvalue weighted by molar-refractivity contribution is 6.01. The van der Waals surface area contributed by atoms with E-state index in [2.05, 4.69) is 10.4 Å². The number of carbonyl (C=O) groups is 2. The molecule has 1 aliphatic heterocycles. The molecule has 1 aliphatic carbocycles. The molecule has 1 aromatic carbocycles. The van der Waals surface area contributed by atoms with Crippen molar-refractivity contribution in [1.82, 2.24) is 9.78 Å². The Morgan fingerprint density at radius 3 is 2.52 bits per heavy atom. The summed E-state index contributed by atoms with van der Waals surface area (Å²) in [5, 5.41) is 17.8. The maximum absolute atomic E-state index is 12.9. The van der Waals surface area contributed by atoms with Crippen molar-refractivity contribution in [2.75, 3.05) is 26.6 Å². The number of anilines is 1. The third-order valence-electron chi connectivity index (χ3n) is 5.26. The normalized spacial score (nSPS) is 17.9. The lowest BCUT2D eigenvalue weighted by atomic mass is 9.85. The van der Waals surface area contributed by atoms with Crippen LogP contribution in [0.3, 0.4) is 0 Å². The van der Waals surface area contributed by atoms with E-state index in [1.807, 2.05) is 0 Å². The van der Waals surface area contributed by atoms with Gasteiger partial charge in [-0.25, -0.2) is 9.48 Å². The van der Waals surface area contributed by atoms with Gasteiger partial charge in [0.1, 0.15) is 17.4 Å². The van der Waals surface area contributed by atoms with E-state index in [1.165, 1.54) is 27.5 Å². The zero-order chi connectivity index (χ0) is 20.7. The van der Waals surface area contributed by atoms with E-state index in [1.54, 1.807) is 16.8 Å². The number of phenols is 1. The van der Waals surface area contributed by atoms with E-state index in [4.69, 9.17) is 14.2 Å². The first-order valence-electron chi connectivity index (χ1n) is 9.14. The minimum absolute atomic E-state index is 0.00975. The van der Waals surface area contributed by atoms with Crippen LogP contribution in [0.25, 0.3) is 0 Å². The zero-order valence-corrected chi connectivity index (χ0v) is 16.3. The molecule has 2 heterocycles. The van der Waals surface area contributed by atoms with Gasteiger partial charge in [0.05, 0.1) is 27.5 Å². The molecule has 1 aromatic heterocycles. The van der Waals surface area contributed by atoms with Crippen LogP contribution in [0.5, 0.6) is 17.2 Å². The standard InChI is InChI=1S/C20H21N3O6/c1-27-14-7-10(8-15(28-2)18(14)25)17-16-12(5-4-6-13(16)24)22-19-11(20(26)29-3)9-21-23(17)19/h7-9,17,22,25H,4-6H2,1-3H3. The number of nitrogens with zero attached hydrogens (tertiary/aromatic N) is 2. The van der Waals surface area contributed by atoms with Gasteiger partial charge in [-0.2, -0.15) is 5.10 Å². The van der Waals surface area contributed by atoms with Gasteiger partial charge in [0, 0.05) is 17.7 Å². The highest BCUT2D eigenvalue weighted by Gasteiger charge is 2.38. The van der Waals surface area contributed by atoms with E-state index in [0.29, 0.717) is 29.8 Å². The van der Waals surface area contributed by atoms with Crippen molar-refractivity contribution in [3.63, 3.8) is 0 Å². The quantitative estimate of drug-likeness (QED) is 0.754. The number of hydrogen-bond donors (Lipinski definition) is 2. The number of allylic oxidation sites excluding steroid dienone is 2. The number of rotatable bonds is 4. The number of esters is 1. The molecule has 152 valence electrons. The number of ether oxygens (including phenoxy) is 3. The van der Waals surface area contributed by atoms with Crippen molar-refractivity contribution in [2.24, 2.45) is 0 Å². The molecule has 0 amide bonds. The molecule has 1 atom stereocenters. The van der Waals surface area contributed by atoms with Crippen LogP contribution in [-0.4, -0.2) is 48.0 Å². The second-order valence-electron chi connectivity index (χ2n) is 6.81. The molecule has 9 heteroatoms. The van der Waals surface area contributed by atoms with Crippen LogP contribution in [-0.2, 0) is 9.53 Å². The van der Waals surface area contributed by atoms with E-state index >= 15 is 0 Å². The second kappa shape index (κ2) is 7.16. The van der Waals surface area contributed by atoms with Crippen LogP contribution in [0.2, 0.25) is 0 Å². The number of aromatic nitrogens is 2. The monoisotopic (exact) mass is 399 g/mol. The predicted octanol–water partition coefficient (Wildman–Crippen LogP) is 2.41. The number of Topliss-reactive ketones (excluding diaryl/α,β-unsaturated/α-hetero) is 1. The molecule has 2 aromatic rings. The lowest BCUT2D eigenvalue weighted by molar-refractivity contribution is -0.116. The van der Waals surface area contributed by atoms with Gasteiger partial charge in [0.15, 0.2) is 17.3 Å². The van der Waals surface area contributed by atoms with Crippen LogP contribution in [0, 0.1) is 0 Å². The van der Waals surface area contributed by atoms with Crippen molar-refractivity contribution in [2.45, 2.75) is 25.3 Å². The fourth-order valence-electron chi connectivity index (χ4n) is 3.90. The first kappa shape index (κ1) is 18.9. The van der Waals surface area contributed by atoms with Crippen LogP contribution < -0.4 is 14.8 Å². The maximum Gasteiger partial charge on any atom is 0.343 e. The average molecular weight is 399 g/mol. The maximum atomic E-state index is 12.9. The topological polar surface area (TPSA) is 112 Å². The molecule has 9 nitrogen and oxygen atoms in total. The third-order valence-corrected chi connectivity index (χ3v) is 5.26. The smallest absolute Gasteiger partial charge is 0.343 e. The molecule has 0 spiro atoms. The Labute approximate surface area is 166 Å². The number of hydrogen-bond acceptors (Lipinski definition) is 8. The highest BCUT2D eigenvalue weighted by Crippen LogP contribution is 2.45. The molecule has 0 saturated heterocycles. The number of phenolic OH excluding ortho intramolecular Hbond substituents is 1. The zero-order valence-electron chi connectivity index (χ0n) is 16.3. The summed E-state index contributed by atoms with van der Waals surface area (Å²) in [6.07, 6.45) is 3.25. The minimum atomic E-state index is -0.601. The van der Waals surface area contributed by atoms with Gasteiger partial charge < -0.3 is 24.6 Å². The number of benzene rings is 1. The summed E-state index contributed by atoms with van der Waals surface area (Å²) >= 11 is 0. The number of carbonyl (C=O) groups excluding carboxylic acids is 2. The molecule has 29 heavy (non-hydrogen) atoms. The molecular formula is C20H21N3O6. The molecule has 2 aliphatic rings. The minimum Gasteiger partial charge on any atom is -0.502 e. The van der Waals surface area contributed by atoms with Crippen LogP contribution in [0.15, 0.2) is 29.6 Å². The summed E-state index contributed by atoms with van der Waals surface area (Å²) in [5.41, 5.74) is 2.26.